The molecule has 3 heteroatoms. The van der Waals surface area contributed by atoms with E-state index in [1.807, 2.05) is 6.20 Å². The molecule has 62 valence electrons. The van der Waals surface area contributed by atoms with Crippen molar-refractivity contribution in [2.75, 3.05) is 20.2 Å². The molecule has 3 nitrogen and oxygen atoms in total. The molecule has 1 heterocycles. The third-order valence-corrected chi connectivity index (χ3v) is 1.73. The minimum absolute atomic E-state index is 0.134. The van der Waals surface area contributed by atoms with Crippen LogP contribution in [0.4, 0.5) is 0 Å². The molecule has 0 aromatic carbocycles. The van der Waals surface area contributed by atoms with E-state index in [4.69, 9.17) is 0 Å². The zero-order valence-corrected chi connectivity index (χ0v) is 6.75. The van der Waals surface area contributed by atoms with Crippen molar-refractivity contribution in [1.82, 2.24) is 4.90 Å². The van der Waals surface area contributed by atoms with Crippen molar-refractivity contribution in [2.45, 2.75) is 12.8 Å². The van der Waals surface area contributed by atoms with Crippen molar-refractivity contribution in [2.24, 2.45) is 0 Å². The minimum Gasteiger partial charge on any atom is -0.469 e. The molecule has 0 spiro atoms. The molecule has 0 N–H and O–H groups in total. The number of nitrogens with zero attached hydrogens (tertiary/aromatic N) is 1. The maximum Gasteiger partial charge on any atom is 0.307 e. The monoisotopic (exact) mass is 155 g/mol. The van der Waals surface area contributed by atoms with E-state index in [1.165, 1.54) is 7.11 Å². The summed E-state index contributed by atoms with van der Waals surface area (Å²) in [4.78, 5) is 12.8. The Morgan fingerprint density at radius 2 is 2.55 bits per heavy atom. The van der Waals surface area contributed by atoms with Crippen LogP contribution >= 0.6 is 0 Å². The summed E-state index contributed by atoms with van der Waals surface area (Å²) >= 11 is 0. The van der Waals surface area contributed by atoms with Crippen LogP contribution in [0.25, 0.3) is 0 Å². The SMILES string of the molecule is COC(=O)CCN1C=CCC1. The summed E-state index contributed by atoms with van der Waals surface area (Å²) in [6.45, 7) is 1.82. The van der Waals surface area contributed by atoms with Gasteiger partial charge >= 0.3 is 5.97 Å². The molecule has 0 radical (unpaired) electrons. The molecule has 0 saturated carbocycles. The Kier molecular flexibility index (Phi) is 2.95. The summed E-state index contributed by atoms with van der Waals surface area (Å²) in [5.41, 5.74) is 0. The van der Waals surface area contributed by atoms with Gasteiger partial charge in [-0.2, -0.15) is 0 Å². The van der Waals surface area contributed by atoms with Crippen LogP contribution in [0, 0.1) is 0 Å². The van der Waals surface area contributed by atoms with Crippen molar-refractivity contribution in [3.63, 3.8) is 0 Å². The van der Waals surface area contributed by atoms with Crippen molar-refractivity contribution in [1.29, 1.82) is 0 Å². The van der Waals surface area contributed by atoms with Gasteiger partial charge in [0.2, 0.25) is 0 Å². The van der Waals surface area contributed by atoms with E-state index >= 15 is 0 Å². The lowest BCUT2D eigenvalue weighted by Gasteiger charge is -2.13. The molecule has 0 aromatic heterocycles. The maximum absolute atomic E-state index is 10.7. The fourth-order valence-electron chi connectivity index (χ4n) is 1.06. The molecule has 0 unspecified atom stereocenters. The van der Waals surface area contributed by atoms with Crippen LogP contribution in [0.1, 0.15) is 12.8 Å². The summed E-state index contributed by atoms with van der Waals surface area (Å²) in [6, 6.07) is 0. The summed E-state index contributed by atoms with van der Waals surface area (Å²) in [5, 5.41) is 0. The first-order valence-electron chi connectivity index (χ1n) is 3.80. The highest BCUT2D eigenvalue weighted by Gasteiger charge is 2.06. The van der Waals surface area contributed by atoms with Gasteiger partial charge in [-0.25, -0.2) is 0 Å². The van der Waals surface area contributed by atoms with Crippen LogP contribution in [0.2, 0.25) is 0 Å². The highest BCUT2D eigenvalue weighted by Crippen LogP contribution is 2.04. The predicted molar refractivity (Wildman–Crippen MR) is 42.0 cm³/mol. The lowest BCUT2D eigenvalue weighted by atomic mass is 10.4. The van der Waals surface area contributed by atoms with Gasteiger partial charge in [-0.3, -0.25) is 4.79 Å². The number of esters is 1. The quantitative estimate of drug-likeness (QED) is 0.564. The molecule has 0 aliphatic carbocycles. The largest absolute Gasteiger partial charge is 0.469 e. The second-order valence-electron chi connectivity index (χ2n) is 2.54. The first kappa shape index (κ1) is 8.11. The van der Waals surface area contributed by atoms with Gasteiger partial charge in [0.15, 0.2) is 0 Å². The Morgan fingerprint density at radius 3 is 3.09 bits per heavy atom. The molecule has 0 bridgehead atoms. The number of hydrogen-bond acceptors (Lipinski definition) is 3. The second kappa shape index (κ2) is 4.01. The van der Waals surface area contributed by atoms with Gasteiger partial charge in [-0.1, -0.05) is 6.08 Å². The Morgan fingerprint density at radius 1 is 1.73 bits per heavy atom. The van der Waals surface area contributed by atoms with E-state index in [0.29, 0.717) is 6.42 Å². The minimum atomic E-state index is -0.134. The molecule has 1 aliphatic heterocycles. The van der Waals surface area contributed by atoms with Crippen LogP contribution < -0.4 is 0 Å². The number of carbonyl (C=O) groups is 1. The third-order valence-electron chi connectivity index (χ3n) is 1.73. The topological polar surface area (TPSA) is 29.5 Å². The fraction of sp³-hybridized carbons (Fsp3) is 0.625. The Balaban J connectivity index is 2.11. The molecule has 1 aliphatic rings. The summed E-state index contributed by atoms with van der Waals surface area (Å²) in [5.74, 6) is -0.134. The average Bonchev–Trinajstić information content (AvgIpc) is 2.52. The highest BCUT2D eigenvalue weighted by atomic mass is 16.5. The second-order valence-corrected chi connectivity index (χ2v) is 2.54. The van der Waals surface area contributed by atoms with E-state index in [9.17, 15) is 4.79 Å². The van der Waals surface area contributed by atoms with Gasteiger partial charge in [-0.05, 0) is 12.6 Å². The zero-order chi connectivity index (χ0) is 8.10. The fourth-order valence-corrected chi connectivity index (χ4v) is 1.06. The van der Waals surface area contributed by atoms with Gasteiger partial charge in [0, 0.05) is 13.1 Å². The number of hydrogen-bond donors (Lipinski definition) is 0. The van der Waals surface area contributed by atoms with E-state index in [0.717, 1.165) is 19.5 Å². The van der Waals surface area contributed by atoms with E-state index in [1.54, 1.807) is 0 Å². The van der Waals surface area contributed by atoms with Gasteiger partial charge in [0.05, 0.1) is 13.5 Å². The lowest BCUT2D eigenvalue weighted by molar-refractivity contribution is -0.140. The smallest absolute Gasteiger partial charge is 0.307 e. The molecular weight excluding hydrogens is 142 g/mol. The molecule has 11 heavy (non-hydrogen) atoms. The summed E-state index contributed by atoms with van der Waals surface area (Å²) < 4.78 is 4.52. The first-order chi connectivity index (χ1) is 5.33. The molecule has 0 atom stereocenters. The third kappa shape index (κ3) is 2.62. The summed E-state index contributed by atoms with van der Waals surface area (Å²) in [7, 11) is 1.42. The predicted octanol–water partition coefficient (Wildman–Crippen LogP) is 0.769. The standard InChI is InChI=1S/C8H13NO2/c1-11-8(10)4-7-9-5-2-3-6-9/h2,5H,3-4,6-7H2,1H3. The molecular formula is C8H13NO2. The van der Waals surface area contributed by atoms with Crippen LogP contribution in [0.5, 0.6) is 0 Å². The zero-order valence-electron chi connectivity index (χ0n) is 6.75. The van der Waals surface area contributed by atoms with Crippen LogP contribution in [-0.4, -0.2) is 31.1 Å². The molecule has 0 saturated heterocycles. The Hall–Kier alpha value is -0.990. The van der Waals surface area contributed by atoms with Crippen molar-refractivity contribution >= 4 is 5.97 Å². The summed E-state index contributed by atoms with van der Waals surface area (Å²) in [6.07, 6.45) is 5.72. The van der Waals surface area contributed by atoms with Gasteiger partial charge in [-0.15, -0.1) is 0 Å². The lowest BCUT2D eigenvalue weighted by Crippen LogP contribution is -2.19. The normalized spacial score (nSPS) is 15.5. The molecule has 0 aromatic rings. The van der Waals surface area contributed by atoms with Gasteiger partial charge in [0.1, 0.15) is 0 Å². The molecule has 0 fully saturated rings. The van der Waals surface area contributed by atoms with E-state index in [-0.39, 0.29) is 5.97 Å². The highest BCUT2D eigenvalue weighted by molar-refractivity contribution is 5.69. The van der Waals surface area contributed by atoms with Crippen molar-refractivity contribution < 1.29 is 9.53 Å². The van der Waals surface area contributed by atoms with Crippen molar-refractivity contribution in [3.05, 3.63) is 12.3 Å². The number of ether oxygens (including phenoxy) is 1. The number of methoxy groups -OCH3 is 1. The van der Waals surface area contributed by atoms with Gasteiger partial charge in [0.25, 0.3) is 0 Å². The van der Waals surface area contributed by atoms with Gasteiger partial charge < -0.3 is 9.64 Å². The van der Waals surface area contributed by atoms with Crippen LogP contribution in [0.15, 0.2) is 12.3 Å². The molecule has 0 amide bonds. The van der Waals surface area contributed by atoms with Crippen LogP contribution in [-0.2, 0) is 9.53 Å². The maximum atomic E-state index is 10.7. The molecule has 1 rings (SSSR count). The number of rotatable bonds is 3. The average molecular weight is 155 g/mol. The van der Waals surface area contributed by atoms with Crippen LogP contribution in [0.3, 0.4) is 0 Å². The Bertz CT molecular complexity index is 165. The van der Waals surface area contributed by atoms with E-state index < -0.39 is 0 Å². The number of carbonyl (C=O) groups excluding carboxylic acids is 1. The van der Waals surface area contributed by atoms with Crippen molar-refractivity contribution in [3.8, 4) is 0 Å². The Labute approximate surface area is 66.6 Å². The van der Waals surface area contributed by atoms with E-state index in [2.05, 4.69) is 15.7 Å². The first-order valence-corrected chi connectivity index (χ1v) is 3.80.